The number of carbonyl (C=O) groups excluding carboxylic acids is 1. The first kappa shape index (κ1) is 13.8. The summed E-state index contributed by atoms with van der Waals surface area (Å²) in [5.74, 6) is 0.495. The molecule has 1 aliphatic rings. The van der Waals surface area contributed by atoms with Crippen LogP contribution in [0.25, 0.3) is 0 Å². The van der Waals surface area contributed by atoms with E-state index in [0.29, 0.717) is 23.0 Å². The van der Waals surface area contributed by atoms with Crippen LogP contribution in [0.1, 0.15) is 5.56 Å². The number of benzene rings is 2. The molecule has 2 N–H and O–H groups in total. The van der Waals surface area contributed by atoms with E-state index < -0.39 is 6.10 Å². The van der Waals surface area contributed by atoms with Crippen LogP contribution in [0.3, 0.4) is 0 Å². The van der Waals surface area contributed by atoms with Crippen LogP contribution in [0, 0.1) is 6.92 Å². The second kappa shape index (κ2) is 5.66. The van der Waals surface area contributed by atoms with Crippen LogP contribution in [0.5, 0.6) is 5.75 Å². The lowest BCUT2D eigenvalue weighted by molar-refractivity contribution is -0.122. The van der Waals surface area contributed by atoms with E-state index in [9.17, 15) is 4.79 Å². The second-order valence-corrected chi connectivity index (χ2v) is 5.29. The van der Waals surface area contributed by atoms with Crippen molar-refractivity contribution in [2.45, 2.75) is 13.0 Å². The minimum atomic E-state index is -0.571. The third-order valence-corrected chi connectivity index (χ3v) is 3.86. The molecule has 108 valence electrons. The van der Waals surface area contributed by atoms with Gasteiger partial charge in [-0.25, -0.2) is 0 Å². The molecule has 0 spiro atoms. The average Bonchev–Trinajstić information content (AvgIpc) is 2.51. The molecule has 2 aromatic rings. The Bertz CT molecular complexity index is 688. The van der Waals surface area contributed by atoms with Gasteiger partial charge in [-0.3, -0.25) is 4.79 Å². The number of amides is 1. The number of para-hydroxylation sites is 2. The monoisotopic (exact) mass is 302 g/mol. The maximum atomic E-state index is 12.3. The third-order valence-electron chi connectivity index (χ3n) is 3.45. The highest BCUT2D eigenvalue weighted by Crippen LogP contribution is 2.29. The topological polar surface area (TPSA) is 50.4 Å². The van der Waals surface area contributed by atoms with Gasteiger partial charge in [0.15, 0.2) is 6.10 Å². The molecule has 0 radical (unpaired) electrons. The molecule has 0 saturated heterocycles. The number of hydrogen-bond donors (Lipinski definition) is 2. The van der Waals surface area contributed by atoms with Crippen LogP contribution >= 0.6 is 11.6 Å². The highest BCUT2D eigenvalue weighted by atomic mass is 35.5. The Labute approximate surface area is 128 Å². The molecule has 3 rings (SSSR count). The van der Waals surface area contributed by atoms with Crippen LogP contribution in [0.4, 0.5) is 11.4 Å². The molecule has 0 bridgehead atoms. The van der Waals surface area contributed by atoms with Gasteiger partial charge in [-0.2, -0.15) is 0 Å². The van der Waals surface area contributed by atoms with Gasteiger partial charge in [0.1, 0.15) is 5.75 Å². The van der Waals surface area contributed by atoms with E-state index in [1.807, 2.05) is 37.3 Å². The number of anilines is 2. The Balaban J connectivity index is 1.74. The smallest absolute Gasteiger partial charge is 0.267 e. The Morgan fingerprint density at radius 3 is 2.95 bits per heavy atom. The van der Waals surface area contributed by atoms with Crippen molar-refractivity contribution in [1.82, 2.24) is 0 Å². The Hall–Kier alpha value is -2.20. The SMILES string of the molecule is Cc1c(Cl)cccc1NC(=O)C1CNc2ccccc2O1. The summed E-state index contributed by atoms with van der Waals surface area (Å²) in [6, 6.07) is 13.0. The number of fused-ring (bicyclic) bond motifs is 1. The molecule has 5 heteroatoms. The van der Waals surface area contributed by atoms with Crippen molar-refractivity contribution in [3.8, 4) is 5.75 Å². The van der Waals surface area contributed by atoms with E-state index in [2.05, 4.69) is 10.6 Å². The summed E-state index contributed by atoms with van der Waals surface area (Å²) in [6.45, 7) is 2.30. The van der Waals surface area contributed by atoms with Gasteiger partial charge in [0.2, 0.25) is 0 Å². The van der Waals surface area contributed by atoms with E-state index >= 15 is 0 Å². The van der Waals surface area contributed by atoms with Gasteiger partial charge in [-0.1, -0.05) is 29.8 Å². The lowest BCUT2D eigenvalue weighted by atomic mass is 10.1. The van der Waals surface area contributed by atoms with E-state index in [1.54, 1.807) is 12.1 Å². The Morgan fingerprint density at radius 1 is 1.29 bits per heavy atom. The highest BCUT2D eigenvalue weighted by molar-refractivity contribution is 6.31. The molecule has 0 aliphatic carbocycles. The van der Waals surface area contributed by atoms with Gasteiger partial charge >= 0.3 is 0 Å². The molecule has 1 heterocycles. The fraction of sp³-hybridized carbons (Fsp3) is 0.188. The maximum Gasteiger partial charge on any atom is 0.267 e. The van der Waals surface area contributed by atoms with Crippen LogP contribution < -0.4 is 15.4 Å². The zero-order valence-corrected chi connectivity index (χ0v) is 12.3. The number of hydrogen-bond acceptors (Lipinski definition) is 3. The van der Waals surface area contributed by atoms with Gasteiger partial charge in [0, 0.05) is 10.7 Å². The molecule has 1 atom stereocenters. The molecule has 21 heavy (non-hydrogen) atoms. The van der Waals surface area contributed by atoms with Crippen molar-refractivity contribution in [3.63, 3.8) is 0 Å². The summed E-state index contributed by atoms with van der Waals surface area (Å²) < 4.78 is 5.73. The maximum absolute atomic E-state index is 12.3. The highest BCUT2D eigenvalue weighted by Gasteiger charge is 2.26. The van der Waals surface area contributed by atoms with E-state index in [0.717, 1.165) is 11.3 Å². The fourth-order valence-electron chi connectivity index (χ4n) is 2.22. The lowest BCUT2D eigenvalue weighted by Crippen LogP contribution is -2.41. The largest absolute Gasteiger partial charge is 0.477 e. The Kier molecular flexibility index (Phi) is 3.71. The first-order chi connectivity index (χ1) is 10.1. The van der Waals surface area contributed by atoms with Crippen LogP contribution in [-0.4, -0.2) is 18.6 Å². The summed E-state index contributed by atoms with van der Waals surface area (Å²) in [5.41, 5.74) is 2.45. The second-order valence-electron chi connectivity index (χ2n) is 4.89. The molecule has 4 nitrogen and oxygen atoms in total. The zero-order valence-electron chi connectivity index (χ0n) is 11.5. The standard InChI is InChI=1S/C16H15ClN2O2/c1-10-11(17)5-4-7-12(10)19-16(20)15-9-18-13-6-2-3-8-14(13)21-15/h2-8,15,18H,9H2,1H3,(H,19,20). The van der Waals surface area contributed by atoms with E-state index in [-0.39, 0.29) is 5.91 Å². The van der Waals surface area contributed by atoms with Gasteiger partial charge in [-0.15, -0.1) is 0 Å². The van der Waals surface area contributed by atoms with Gasteiger partial charge in [-0.05, 0) is 36.8 Å². The van der Waals surface area contributed by atoms with Crippen LogP contribution in [-0.2, 0) is 4.79 Å². The molecular weight excluding hydrogens is 288 g/mol. The summed E-state index contributed by atoms with van der Waals surface area (Å²) in [7, 11) is 0. The first-order valence-electron chi connectivity index (χ1n) is 6.70. The van der Waals surface area contributed by atoms with Gasteiger partial charge in [0.05, 0.1) is 12.2 Å². The fourth-order valence-corrected chi connectivity index (χ4v) is 2.39. The number of rotatable bonds is 2. The molecule has 0 fully saturated rings. The van der Waals surface area contributed by atoms with Crippen LogP contribution in [0.15, 0.2) is 42.5 Å². The minimum Gasteiger partial charge on any atom is -0.477 e. The predicted molar refractivity (Wildman–Crippen MR) is 84.2 cm³/mol. The molecule has 0 saturated carbocycles. The molecule has 2 aromatic carbocycles. The quantitative estimate of drug-likeness (QED) is 0.893. The Morgan fingerprint density at radius 2 is 2.10 bits per heavy atom. The molecule has 0 aromatic heterocycles. The molecular formula is C16H15ClN2O2. The summed E-state index contributed by atoms with van der Waals surface area (Å²) in [4.78, 5) is 12.3. The molecule has 1 amide bonds. The van der Waals surface area contributed by atoms with Crippen molar-refractivity contribution >= 4 is 28.9 Å². The third kappa shape index (κ3) is 2.81. The van der Waals surface area contributed by atoms with Crippen molar-refractivity contribution < 1.29 is 9.53 Å². The van der Waals surface area contributed by atoms with Crippen molar-refractivity contribution in [2.75, 3.05) is 17.2 Å². The zero-order chi connectivity index (χ0) is 14.8. The normalized spacial score (nSPS) is 16.4. The first-order valence-corrected chi connectivity index (χ1v) is 7.08. The van der Waals surface area contributed by atoms with E-state index in [1.165, 1.54) is 0 Å². The van der Waals surface area contributed by atoms with E-state index in [4.69, 9.17) is 16.3 Å². The van der Waals surface area contributed by atoms with Gasteiger partial charge < -0.3 is 15.4 Å². The summed E-state index contributed by atoms with van der Waals surface area (Å²) >= 11 is 6.06. The van der Waals surface area contributed by atoms with Crippen molar-refractivity contribution in [3.05, 3.63) is 53.1 Å². The molecule has 1 aliphatic heterocycles. The number of carbonyl (C=O) groups is 1. The number of halogens is 1. The predicted octanol–water partition coefficient (Wildman–Crippen LogP) is 3.46. The average molecular weight is 303 g/mol. The summed E-state index contributed by atoms with van der Waals surface area (Å²) in [6.07, 6.45) is -0.571. The van der Waals surface area contributed by atoms with Crippen molar-refractivity contribution in [1.29, 1.82) is 0 Å². The molecule has 1 unspecified atom stereocenters. The number of nitrogens with one attached hydrogen (secondary N) is 2. The van der Waals surface area contributed by atoms with Crippen LogP contribution in [0.2, 0.25) is 5.02 Å². The minimum absolute atomic E-state index is 0.192. The van der Waals surface area contributed by atoms with Gasteiger partial charge in [0.25, 0.3) is 5.91 Å². The summed E-state index contributed by atoms with van der Waals surface area (Å²) in [5, 5.41) is 6.68. The lowest BCUT2D eigenvalue weighted by Gasteiger charge is -2.26. The van der Waals surface area contributed by atoms with Crippen molar-refractivity contribution in [2.24, 2.45) is 0 Å². The number of ether oxygens (including phenoxy) is 1.